The Morgan fingerprint density at radius 1 is 1.46 bits per heavy atom. The molecule has 1 nitrogen and oxygen atoms in total. The molecule has 0 saturated heterocycles. The predicted octanol–water partition coefficient (Wildman–Crippen LogP) is 3.28. The van der Waals surface area contributed by atoms with Crippen LogP contribution in [0, 0.1) is 12.8 Å². The smallest absolute Gasteiger partial charge is 0.0826 e. The first kappa shape index (κ1) is 9.22. The molecular formula is C11H16OS. The van der Waals surface area contributed by atoms with Gasteiger partial charge in [-0.2, -0.15) is 0 Å². The number of thiophene rings is 1. The van der Waals surface area contributed by atoms with Gasteiger partial charge in [-0.05, 0) is 42.7 Å². The van der Waals surface area contributed by atoms with Gasteiger partial charge in [-0.15, -0.1) is 11.3 Å². The van der Waals surface area contributed by atoms with E-state index in [2.05, 4.69) is 18.4 Å². The van der Waals surface area contributed by atoms with E-state index in [4.69, 9.17) is 0 Å². The minimum atomic E-state index is -0.201. The van der Waals surface area contributed by atoms with E-state index in [0.29, 0.717) is 5.92 Å². The van der Waals surface area contributed by atoms with Crippen molar-refractivity contribution in [1.29, 1.82) is 0 Å². The highest BCUT2D eigenvalue weighted by atomic mass is 32.1. The Balaban J connectivity index is 2.07. The molecule has 1 unspecified atom stereocenters. The van der Waals surface area contributed by atoms with E-state index in [1.807, 2.05) is 0 Å². The largest absolute Gasteiger partial charge is 0.388 e. The summed E-state index contributed by atoms with van der Waals surface area (Å²) in [7, 11) is 0. The van der Waals surface area contributed by atoms with E-state index >= 15 is 0 Å². The molecule has 0 aromatic carbocycles. The molecule has 1 heterocycles. The van der Waals surface area contributed by atoms with Crippen molar-refractivity contribution in [1.82, 2.24) is 0 Å². The summed E-state index contributed by atoms with van der Waals surface area (Å²) >= 11 is 1.73. The SMILES string of the molecule is Cc1cc(C(O)C2CCCC2)cs1. The van der Waals surface area contributed by atoms with Crippen molar-refractivity contribution >= 4 is 11.3 Å². The van der Waals surface area contributed by atoms with Gasteiger partial charge in [0.1, 0.15) is 0 Å². The molecule has 2 heteroatoms. The van der Waals surface area contributed by atoms with Gasteiger partial charge in [0.05, 0.1) is 6.10 Å². The van der Waals surface area contributed by atoms with Gasteiger partial charge in [-0.1, -0.05) is 12.8 Å². The van der Waals surface area contributed by atoms with Crippen molar-refractivity contribution in [2.45, 2.75) is 38.7 Å². The maximum absolute atomic E-state index is 10.0. The zero-order valence-electron chi connectivity index (χ0n) is 7.99. The van der Waals surface area contributed by atoms with Crippen molar-refractivity contribution in [3.05, 3.63) is 21.9 Å². The summed E-state index contributed by atoms with van der Waals surface area (Å²) in [6, 6.07) is 2.12. The molecule has 0 bridgehead atoms. The number of aryl methyl sites for hydroxylation is 1. The van der Waals surface area contributed by atoms with Gasteiger partial charge in [-0.25, -0.2) is 0 Å². The number of hydrogen-bond acceptors (Lipinski definition) is 2. The summed E-state index contributed by atoms with van der Waals surface area (Å²) in [4.78, 5) is 1.30. The van der Waals surface area contributed by atoms with E-state index in [0.717, 1.165) is 5.56 Å². The molecule has 72 valence electrons. The minimum Gasteiger partial charge on any atom is -0.388 e. The standard InChI is InChI=1S/C11H16OS/c1-8-6-10(7-13-8)11(12)9-4-2-3-5-9/h6-7,9,11-12H,2-5H2,1H3. The molecule has 1 atom stereocenters. The van der Waals surface area contributed by atoms with Crippen molar-refractivity contribution in [2.75, 3.05) is 0 Å². The number of rotatable bonds is 2. The topological polar surface area (TPSA) is 20.2 Å². The van der Waals surface area contributed by atoms with Crippen LogP contribution < -0.4 is 0 Å². The van der Waals surface area contributed by atoms with Crippen LogP contribution in [0.4, 0.5) is 0 Å². The molecule has 1 aromatic rings. The first-order valence-electron chi connectivity index (χ1n) is 5.00. The van der Waals surface area contributed by atoms with Gasteiger partial charge in [-0.3, -0.25) is 0 Å². The summed E-state index contributed by atoms with van der Waals surface area (Å²) in [5.41, 5.74) is 1.13. The average Bonchev–Trinajstić information content (AvgIpc) is 2.72. The van der Waals surface area contributed by atoms with Crippen LogP contribution in [0.1, 0.15) is 42.2 Å². The van der Waals surface area contributed by atoms with Crippen molar-refractivity contribution in [3.8, 4) is 0 Å². The van der Waals surface area contributed by atoms with Gasteiger partial charge in [0.25, 0.3) is 0 Å². The summed E-state index contributed by atoms with van der Waals surface area (Å²) in [6.45, 7) is 2.09. The van der Waals surface area contributed by atoms with Crippen LogP contribution in [0.25, 0.3) is 0 Å². The summed E-state index contributed by atoms with van der Waals surface area (Å²) < 4.78 is 0. The fraction of sp³-hybridized carbons (Fsp3) is 0.636. The first-order chi connectivity index (χ1) is 6.27. The number of aliphatic hydroxyl groups is 1. The summed E-state index contributed by atoms with van der Waals surface area (Å²) in [6.07, 6.45) is 4.80. The van der Waals surface area contributed by atoms with E-state index in [1.54, 1.807) is 11.3 Å². The lowest BCUT2D eigenvalue weighted by atomic mass is 9.96. The third-order valence-corrected chi connectivity index (χ3v) is 3.82. The molecule has 13 heavy (non-hydrogen) atoms. The van der Waals surface area contributed by atoms with Crippen LogP contribution in [0.5, 0.6) is 0 Å². The lowest BCUT2D eigenvalue weighted by Gasteiger charge is -2.15. The second kappa shape index (κ2) is 3.81. The molecule has 1 aliphatic rings. The van der Waals surface area contributed by atoms with Crippen LogP contribution in [0.3, 0.4) is 0 Å². The van der Waals surface area contributed by atoms with Gasteiger partial charge >= 0.3 is 0 Å². The van der Waals surface area contributed by atoms with E-state index < -0.39 is 0 Å². The average molecular weight is 196 g/mol. The summed E-state index contributed by atoms with van der Waals surface area (Å²) in [5.74, 6) is 0.522. The molecule has 1 aromatic heterocycles. The fourth-order valence-corrected chi connectivity index (χ4v) is 2.90. The van der Waals surface area contributed by atoms with Crippen LogP contribution in [0.15, 0.2) is 11.4 Å². The third kappa shape index (κ3) is 1.94. The Bertz CT molecular complexity index is 273. The van der Waals surface area contributed by atoms with Crippen LogP contribution in [-0.4, -0.2) is 5.11 Å². The van der Waals surface area contributed by atoms with Gasteiger partial charge in [0.2, 0.25) is 0 Å². The molecule has 1 aliphatic carbocycles. The zero-order chi connectivity index (χ0) is 9.26. The second-order valence-corrected chi connectivity index (χ2v) is 5.10. The minimum absolute atomic E-state index is 0.201. The predicted molar refractivity (Wildman–Crippen MR) is 56.0 cm³/mol. The normalized spacial score (nSPS) is 20.8. The lowest BCUT2D eigenvalue weighted by Crippen LogP contribution is -2.07. The summed E-state index contributed by atoms with van der Waals surface area (Å²) in [5, 5.41) is 12.1. The molecule has 0 spiro atoms. The molecule has 1 fully saturated rings. The maximum Gasteiger partial charge on any atom is 0.0826 e. The number of aliphatic hydroxyl groups excluding tert-OH is 1. The highest BCUT2D eigenvalue weighted by molar-refractivity contribution is 7.10. The molecular weight excluding hydrogens is 180 g/mol. The van der Waals surface area contributed by atoms with Gasteiger partial charge < -0.3 is 5.11 Å². The van der Waals surface area contributed by atoms with Gasteiger partial charge in [0, 0.05) is 4.88 Å². The third-order valence-electron chi connectivity index (χ3n) is 2.94. The Labute approximate surface area is 83.4 Å². The zero-order valence-corrected chi connectivity index (χ0v) is 8.81. The molecule has 0 amide bonds. The Hall–Kier alpha value is -0.340. The van der Waals surface area contributed by atoms with Crippen molar-refractivity contribution in [3.63, 3.8) is 0 Å². The first-order valence-corrected chi connectivity index (χ1v) is 5.88. The Morgan fingerprint density at radius 3 is 2.69 bits per heavy atom. The van der Waals surface area contributed by atoms with Crippen LogP contribution >= 0.6 is 11.3 Å². The lowest BCUT2D eigenvalue weighted by molar-refractivity contribution is 0.112. The molecule has 0 aliphatic heterocycles. The monoisotopic (exact) mass is 196 g/mol. The van der Waals surface area contributed by atoms with Crippen molar-refractivity contribution < 1.29 is 5.11 Å². The van der Waals surface area contributed by atoms with E-state index in [-0.39, 0.29) is 6.10 Å². The van der Waals surface area contributed by atoms with Crippen LogP contribution in [0.2, 0.25) is 0 Å². The highest BCUT2D eigenvalue weighted by Crippen LogP contribution is 2.36. The Morgan fingerprint density at radius 2 is 2.15 bits per heavy atom. The quantitative estimate of drug-likeness (QED) is 0.769. The second-order valence-electron chi connectivity index (χ2n) is 3.98. The van der Waals surface area contributed by atoms with E-state index in [1.165, 1.54) is 30.6 Å². The van der Waals surface area contributed by atoms with Crippen LogP contribution in [-0.2, 0) is 0 Å². The Kier molecular flexibility index (Phi) is 2.70. The highest BCUT2D eigenvalue weighted by Gasteiger charge is 2.24. The fourth-order valence-electron chi connectivity index (χ4n) is 2.16. The van der Waals surface area contributed by atoms with E-state index in [9.17, 15) is 5.11 Å². The molecule has 2 rings (SSSR count). The van der Waals surface area contributed by atoms with Gasteiger partial charge in [0.15, 0.2) is 0 Å². The molecule has 1 N–H and O–H groups in total. The maximum atomic E-state index is 10.0. The molecule has 0 radical (unpaired) electrons. The van der Waals surface area contributed by atoms with Crippen molar-refractivity contribution in [2.24, 2.45) is 5.92 Å². The molecule has 1 saturated carbocycles. The number of hydrogen-bond donors (Lipinski definition) is 1.